The number of carbonyl (C=O) groups is 1. The molecular weight excluding hydrogens is 254 g/mol. The first-order valence-electron chi connectivity index (χ1n) is 5.50. The van der Waals surface area contributed by atoms with Gasteiger partial charge in [-0.1, -0.05) is 38.1 Å². The second-order valence-corrected chi connectivity index (χ2v) is 4.24. The number of benzene rings is 1. The molecule has 5 nitrogen and oxygen atoms in total. The lowest BCUT2D eigenvalue weighted by Gasteiger charge is -2.09. The molecule has 3 N–H and O–H groups in total. The molecule has 0 saturated heterocycles. The number of nitrogens with zero attached hydrogens (tertiary/aromatic N) is 1. The maximum Gasteiger partial charge on any atom is 0.414 e. The molecule has 0 aliphatic rings. The Hall–Kier alpha value is -1.75. The van der Waals surface area contributed by atoms with Crippen LogP contribution in [0, 0.1) is 0 Å². The number of ether oxygens (including phenoxy) is 1. The van der Waals surface area contributed by atoms with Crippen LogP contribution in [0.4, 0.5) is 4.79 Å². The van der Waals surface area contributed by atoms with Gasteiger partial charge < -0.3 is 10.5 Å². The summed E-state index contributed by atoms with van der Waals surface area (Å²) in [6.07, 6.45) is -0.688. The molecule has 1 aromatic carbocycles. The number of nitrogens with one attached hydrogen (secondary N) is 1. The van der Waals surface area contributed by atoms with Crippen molar-refractivity contribution in [2.45, 2.75) is 26.4 Å². The topological polar surface area (TPSA) is 76.7 Å². The lowest BCUT2D eigenvalue weighted by molar-refractivity contribution is 0.145. The van der Waals surface area contributed by atoms with Crippen molar-refractivity contribution in [3.63, 3.8) is 0 Å². The van der Waals surface area contributed by atoms with E-state index in [1.807, 2.05) is 24.3 Å². The summed E-state index contributed by atoms with van der Waals surface area (Å²) in [5.74, 6) is 0.232. The van der Waals surface area contributed by atoms with Gasteiger partial charge in [0.25, 0.3) is 0 Å². The quantitative estimate of drug-likeness (QED) is 0.654. The number of amides is 1. The number of guanidine groups is 1. The van der Waals surface area contributed by atoms with Crippen LogP contribution in [0.25, 0.3) is 0 Å². The molecule has 0 fully saturated rings. The van der Waals surface area contributed by atoms with E-state index in [1.165, 1.54) is 5.56 Å². The fourth-order valence-corrected chi connectivity index (χ4v) is 1.39. The fourth-order valence-electron chi connectivity index (χ4n) is 1.35. The van der Waals surface area contributed by atoms with Gasteiger partial charge in [-0.25, -0.2) is 4.79 Å². The van der Waals surface area contributed by atoms with E-state index >= 15 is 0 Å². The molecule has 0 atom stereocenters. The molecule has 0 heterocycles. The predicted octanol–water partition coefficient (Wildman–Crippen LogP) is 2.50. The monoisotopic (exact) mass is 269 g/mol. The normalized spacial score (nSPS) is 11.4. The van der Waals surface area contributed by atoms with Crippen LogP contribution in [0.3, 0.4) is 0 Å². The van der Waals surface area contributed by atoms with E-state index in [-0.39, 0.29) is 12.6 Å². The van der Waals surface area contributed by atoms with E-state index in [1.54, 1.807) is 0 Å². The maximum atomic E-state index is 11.3. The first-order chi connectivity index (χ1) is 8.52. The van der Waals surface area contributed by atoms with Gasteiger partial charge in [-0.15, -0.1) is 4.51 Å². The molecule has 1 amide bonds. The summed E-state index contributed by atoms with van der Waals surface area (Å²) in [6.45, 7) is 4.37. The molecule has 0 radical (unpaired) electrons. The minimum atomic E-state index is -0.688. The van der Waals surface area contributed by atoms with Gasteiger partial charge in [0, 0.05) is 11.8 Å². The van der Waals surface area contributed by atoms with Gasteiger partial charge in [-0.05, 0) is 17.0 Å². The zero-order valence-corrected chi connectivity index (χ0v) is 11.1. The van der Waals surface area contributed by atoms with Gasteiger partial charge in [-0.3, -0.25) is 5.32 Å². The van der Waals surface area contributed by atoms with Crippen LogP contribution >= 0.6 is 11.8 Å². The largest absolute Gasteiger partial charge is 0.444 e. The van der Waals surface area contributed by atoms with Gasteiger partial charge in [0.15, 0.2) is 0 Å². The number of hydrogen-bond acceptors (Lipinski definition) is 3. The average Bonchev–Trinajstić information content (AvgIpc) is 2.36. The highest BCUT2D eigenvalue weighted by Gasteiger charge is 2.05. The number of alkyl carbamates (subject to hydrolysis) is 1. The van der Waals surface area contributed by atoms with Crippen LogP contribution < -0.4 is 11.1 Å². The van der Waals surface area contributed by atoms with E-state index < -0.39 is 6.09 Å². The van der Waals surface area contributed by atoms with Gasteiger partial charge in [0.2, 0.25) is 5.96 Å². The highest BCUT2D eigenvalue weighted by atomic mass is 35.5. The summed E-state index contributed by atoms with van der Waals surface area (Å²) in [7, 11) is 0. The van der Waals surface area contributed by atoms with Crippen LogP contribution in [0.15, 0.2) is 28.8 Å². The Morgan fingerprint density at radius 2 is 2.28 bits per heavy atom. The van der Waals surface area contributed by atoms with Crippen molar-refractivity contribution < 1.29 is 9.53 Å². The second-order valence-electron chi connectivity index (χ2n) is 4.07. The number of rotatable bonds is 3. The Morgan fingerprint density at radius 3 is 2.89 bits per heavy atom. The molecule has 1 aromatic rings. The third-order valence-corrected chi connectivity index (χ3v) is 2.49. The zero-order valence-electron chi connectivity index (χ0n) is 10.3. The van der Waals surface area contributed by atoms with Crippen LogP contribution in [0.1, 0.15) is 30.9 Å². The molecule has 0 aromatic heterocycles. The Morgan fingerprint density at radius 1 is 1.56 bits per heavy atom. The van der Waals surface area contributed by atoms with Crippen molar-refractivity contribution in [2.75, 3.05) is 0 Å². The molecule has 1 rings (SSSR count). The van der Waals surface area contributed by atoms with E-state index in [2.05, 4.69) is 23.7 Å². The predicted molar refractivity (Wildman–Crippen MR) is 71.3 cm³/mol. The number of nitrogens with two attached hydrogens (primary N) is 1. The van der Waals surface area contributed by atoms with Crippen molar-refractivity contribution in [3.8, 4) is 0 Å². The standard InChI is InChI=1S/C12H16ClN3O2/c1-8(2)10-5-3-4-9(6-10)7-18-12(17)15-11(14)16-13/h3-6,8H,7H2,1-2H3,(H3,14,15,16,17). The third kappa shape index (κ3) is 4.63. The summed E-state index contributed by atoms with van der Waals surface area (Å²) in [4.78, 5) is 11.3. The second kappa shape index (κ2) is 6.86. The minimum absolute atomic E-state index is 0.169. The van der Waals surface area contributed by atoms with E-state index in [0.29, 0.717) is 5.92 Å². The molecule has 18 heavy (non-hydrogen) atoms. The van der Waals surface area contributed by atoms with E-state index in [4.69, 9.17) is 22.2 Å². The highest BCUT2D eigenvalue weighted by molar-refractivity contribution is 6.20. The Balaban J connectivity index is 2.53. The van der Waals surface area contributed by atoms with Crippen LogP contribution in [0.2, 0.25) is 0 Å². The van der Waals surface area contributed by atoms with Crippen LogP contribution in [-0.2, 0) is 11.3 Å². The molecule has 98 valence electrons. The Kier molecular flexibility index (Phi) is 5.45. The molecule has 0 spiro atoms. The summed E-state index contributed by atoms with van der Waals surface area (Å²) in [5.41, 5.74) is 7.32. The molecule has 0 saturated carbocycles. The van der Waals surface area contributed by atoms with E-state index in [9.17, 15) is 4.79 Å². The van der Waals surface area contributed by atoms with Crippen molar-refractivity contribution in [1.82, 2.24) is 5.32 Å². The molecule has 0 bridgehead atoms. The van der Waals surface area contributed by atoms with E-state index in [0.717, 1.165) is 5.56 Å². The average molecular weight is 270 g/mol. The third-order valence-electron chi connectivity index (χ3n) is 2.31. The van der Waals surface area contributed by atoms with Gasteiger partial charge in [0.1, 0.15) is 6.61 Å². The molecule has 6 heteroatoms. The fraction of sp³-hybridized carbons (Fsp3) is 0.333. The summed E-state index contributed by atoms with van der Waals surface area (Å²) in [5, 5.41) is 2.17. The lowest BCUT2D eigenvalue weighted by Crippen LogP contribution is -2.36. The number of hydrogen-bond donors (Lipinski definition) is 2. The van der Waals surface area contributed by atoms with Crippen molar-refractivity contribution in [2.24, 2.45) is 10.2 Å². The first-order valence-corrected chi connectivity index (χ1v) is 5.83. The first kappa shape index (κ1) is 14.3. The number of halogens is 1. The molecule has 0 aliphatic heterocycles. The highest BCUT2D eigenvalue weighted by Crippen LogP contribution is 2.15. The smallest absolute Gasteiger partial charge is 0.414 e. The lowest BCUT2D eigenvalue weighted by atomic mass is 10.0. The summed E-state index contributed by atoms with van der Waals surface area (Å²) >= 11 is 5.06. The summed E-state index contributed by atoms with van der Waals surface area (Å²) in [6, 6.07) is 7.85. The Labute approximate surface area is 111 Å². The maximum absolute atomic E-state index is 11.3. The summed E-state index contributed by atoms with van der Waals surface area (Å²) < 4.78 is 8.04. The van der Waals surface area contributed by atoms with Crippen molar-refractivity contribution in [3.05, 3.63) is 35.4 Å². The molecule has 0 unspecified atom stereocenters. The SMILES string of the molecule is CC(C)c1cccc(COC(=O)NC(N)=NCl)c1. The van der Waals surface area contributed by atoms with Crippen LogP contribution in [0.5, 0.6) is 0 Å². The van der Waals surface area contributed by atoms with Gasteiger partial charge in [0.05, 0.1) is 0 Å². The number of carbonyl (C=O) groups excluding carboxylic acids is 1. The van der Waals surface area contributed by atoms with Gasteiger partial charge >= 0.3 is 6.09 Å². The minimum Gasteiger partial charge on any atom is -0.444 e. The molecular formula is C12H16ClN3O2. The van der Waals surface area contributed by atoms with Gasteiger partial charge in [-0.2, -0.15) is 0 Å². The van der Waals surface area contributed by atoms with Crippen LogP contribution in [-0.4, -0.2) is 12.1 Å². The zero-order chi connectivity index (χ0) is 13.5. The molecule has 0 aliphatic carbocycles. The van der Waals surface area contributed by atoms with Crippen molar-refractivity contribution >= 4 is 23.8 Å². The van der Waals surface area contributed by atoms with Crippen molar-refractivity contribution in [1.29, 1.82) is 0 Å². The Bertz CT molecular complexity index is 447.